The lowest BCUT2D eigenvalue weighted by molar-refractivity contribution is 0.0958. The third-order valence-corrected chi connectivity index (χ3v) is 7.12. The van der Waals surface area contributed by atoms with Gasteiger partial charge in [-0.25, -0.2) is 4.98 Å². The van der Waals surface area contributed by atoms with Crippen LogP contribution in [0.3, 0.4) is 0 Å². The van der Waals surface area contributed by atoms with E-state index in [9.17, 15) is 14.0 Å². The summed E-state index contributed by atoms with van der Waals surface area (Å²) < 4.78 is 15.8. The minimum Gasteiger partial charge on any atom is -0.370 e. The number of hydrogen-bond acceptors (Lipinski definition) is 5. The van der Waals surface area contributed by atoms with Gasteiger partial charge < -0.3 is 15.2 Å². The molecule has 8 nitrogen and oxygen atoms in total. The summed E-state index contributed by atoms with van der Waals surface area (Å²) in [7, 11) is 1.60. The van der Waals surface area contributed by atoms with Crippen LogP contribution in [-0.4, -0.2) is 64.4 Å². The van der Waals surface area contributed by atoms with Crippen molar-refractivity contribution in [3.05, 3.63) is 63.8 Å². The van der Waals surface area contributed by atoms with E-state index in [1.165, 1.54) is 4.40 Å². The number of aryl methyl sites for hydroxylation is 1. The second-order valence-electron chi connectivity index (χ2n) is 9.09. The van der Waals surface area contributed by atoms with Gasteiger partial charge in [-0.3, -0.25) is 18.9 Å². The van der Waals surface area contributed by atoms with Crippen molar-refractivity contribution in [1.29, 1.82) is 0 Å². The number of likely N-dealkylation sites (tertiary alicyclic amines) is 1. The van der Waals surface area contributed by atoms with E-state index in [4.69, 9.17) is 0 Å². The van der Waals surface area contributed by atoms with Crippen molar-refractivity contribution in [2.24, 2.45) is 0 Å². The number of aromatic nitrogens is 3. The summed E-state index contributed by atoms with van der Waals surface area (Å²) in [4.78, 5) is 36.2. The molecule has 2 aliphatic heterocycles. The number of carbonyl (C=O) groups excluding carboxylic acids is 1. The number of halogens is 1. The third-order valence-electron chi connectivity index (χ3n) is 7.12. The maximum Gasteiger partial charge on any atom is 0.272 e. The first kappa shape index (κ1) is 21.6. The van der Waals surface area contributed by atoms with Crippen molar-refractivity contribution < 1.29 is 9.18 Å². The maximum atomic E-state index is 14.4. The van der Waals surface area contributed by atoms with Gasteiger partial charge in [0.1, 0.15) is 11.2 Å². The predicted octanol–water partition coefficient (Wildman–Crippen LogP) is 2.29. The highest BCUT2D eigenvalue weighted by atomic mass is 19.1. The molecule has 174 valence electrons. The molecule has 0 aromatic carbocycles. The molecule has 0 aliphatic carbocycles. The molecule has 0 radical (unpaired) electrons. The summed E-state index contributed by atoms with van der Waals surface area (Å²) in [5, 5.41) is 2.59. The molecule has 5 rings (SSSR count). The highest BCUT2D eigenvalue weighted by molar-refractivity contribution is 5.92. The number of nitrogens with zero attached hydrogens (tertiary/aromatic N) is 4. The number of nitrogens with one attached hydrogen (secondary N) is 2. The van der Waals surface area contributed by atoms with Gasteiger partial charge in [0.2, 0.25) is 5.95 Å². The molecular formula is C24H29FN6O2. The summed E-state index contributed by atoms with van der Waals surface area (Å²) in [5.74, 6) is -0.347. The molecule has 2 N–H and O–H groups in total. The van der Waals surface area contributed by atoms with Crippen LogP contribution >= 0.6 is 0 Å². The van der Waals surface area contributed by atoms with E-state index in [0.29, 0.717) is 22.8 Å². The molecule has 1 atom stereocenters. The van der Waals surface area contributed by atoms with Crippen LogP contribution in [0, 0.1) is 12.9 Å². The predicted molar refractivity (Wildman–Crippen MR) is 125 cm³/mol. The lowest BCUT2D eigenvalue weighted by Gasteiger charge is -2.37. The van der Waals surface area contributed by atoms with Gasteiger partial charge in [-0.1, -0.05) is 0 Å². The lowest BCUT2D eigenvalue weighted by Crippen LogP contribution is -2.44. The lowest BCUT2D eigenvalue weighted by atomic mass is 10.0. The third kappa shape index (κ3) is 4.01. The Kier molecular flexibility index (Phi) is 5.65. The Morgan fingerprint density at radius 3 is 2.70 bits per heavy atom. The molecule has 33 heavy (non-hydrogen) atoms. The van der Waals surface area contributed by atoms with Gasteiger partial charge in [0, 0.05) is 56.1 Å². The smallest absolute Gasteiger partial charge is 0.272 e. The van der Waals surface area contributed by atoms with Crippen LogP contribution in [0.15, 0.2) is 35.4 Å². The van der Waals surface area contributed by atoms with Crippen LogP contribution in [0.5, 0.6) is 0 Å². The number of pyridine rings is 1. The Bertz CT molecular complexity index is 1230. The number of fused-ring (bicyclic) bond motifs is 1. The van der Waals surface area contributed by atoms with E-state index < -0.39 is 0 Å². The van der Waals surface area contributed by atoms with Crippen molar-refractivity contribution in [3.63, 3.8) is 0 Å². The highest BCUT2D eigenvalue weighted by Gasteiger charge is 2.32. The molecular weight excluding hydrogens is 423 g/mol. The van der Waals surface area contributed by atoms with Crippen LogP contribution in [-0.2, 0) is 0 Å². The van der Waals surface area contributed by atoms with Gasteiger partial charge in [0.05, 0.1) is 11.9 Å². The molecule has 0 bridgehead atoms. The first-order chi connectivity index (χ1) is 15.9. The zero-order valence-corrected chi connectivity index (χ0v) is 19.0. The Hall–Kier alpha value is -3.20. The number of H-pyrrole nitrogens is 1. The summed E-state index contributed by atoms with van der Waals surface area (Å²) in [5.41, 5.74) is 2.87. The summed E-state index contributed by atoms with van der Waals surface area (Å²) in [6.45, 7) is 5.39. The largest absolute Gasteiger partial charge is 0.370 e. The maximum absolute atomic E-state index is 14.4. The van der Waals surface area contributed by atoms with E-state index >= 15 is 0 Å². The van der Waals surface area contributed by atoms with Crippen molar-refractivity contribution in [2.75, 3.05) is 38.1 Å². The normalized spacial score (nSPS) is 20.0. The Labute approximate surface area is 191 Å². The Balaban J connectivity index is 1.22. The fraction of sp³-hybridized carbons (Fsp3) is 0.458. The highest BCUT2D eigenvalue weighted by Crippen LogP contribution is 2.31. The minimum absolute atomic E-state index is 0.181. The molecule has 5 heterocycles. The molecule has 3 aromatic rings. The van der Waals surface area contributed by atoms with Crippen molar-refractivity contribution in [3.8, 4) is 0 Å². The molecule has 1 amide bonds. The van der Waals surface area contributed by atoms with E-state index in [1.807, 2.05) is 6.07 Å². The summed E-state index contributed by atoms with van der Waals surface area (Å²) in [6.07, 6.45) is 6.57. The number of amides is 1. The topological polar surface area (TPSA) is 85.7 Å². The number of rotatable bonds is 4. The zero-order chi connectivity index (χ0) is 23.1. The minimum atomic E-state index is -0.363. The van der Waals surface area contributed by atoms with Crippen LogP contribution in [0.2, 0.25) is 0 Å². The van der Waals surface area contributed by atoms with E-state index in [0.717, 1.165) is 56.8 Å². The monoisotopic (exact) mass is 452 g/mol. The molecule has 1 unspecified atom stereocenters. The van der Waals surface area contributed by atoms with Crippen molar-refractivity contribution in [1.82, 2.24) is 24.6 Å². The summed E-state index contributed by atoms with van der Waals surface area (Å²) in [6, 6.07) is 5.80. The van der Waals surface area contributed by atoms with Crippen LogP contribution in [0.4, 0.5) is 10.1 Å². The quantitative estimate of drug-likeness (QED) is 0.635. The van der Waals surface area contributed by atoms with E-state index in [-0.39, 0.29) is 23.3 Å². The van der Waals surface area contributed by atoms with Gasteiger partial charge in [0.25, 0.3) is 11.5 Å². The number of hydrogen-bond donors (Lipinski definition) is 2. The van der Waals surface area contributed by atoms with Gasteiger partial charge >= 0.3 is 0 Å². The van der Waals surface area contributed by atoms with Gasteiger partial charge in [0.15, 0.2) is 0 Å². The van der Waals surface area contributed by atoms with Crippen LogP contribution in [0.1, 0.15) is 46.9 Å². The molecule has 9 heteroatoms. The SMILES string of the molecule is CNC(=O)c1ccc(N2CCC(N3CCC(c4cn5c(F)c(C)cc5c(=O)[nH]4)C3)CC2)cn1. The van der Waals surface area contributed by atoms with Crippen molar-refractivity contribution in [2.45, 2.75) is 38.1 Å². The number of carbonyl (C=O) groups is 1. The first-order valence-corrected chi connectivity index (χ1v) is 11.5. The molecule has 2 aliphatic rings. The van der Waals surface area contributed by atoms with Crippen LogP contribution < -0.4 is 15.8 Å². The van der Waals surface area contributed by atoms with Gasteiger partial charge in [-0.05, 0) is 50.9 Å². The average molecular weight is 453 g/mol. The second-order valence-corrected chi connectivity index (χ2v) is 9.09. The molecule has 2 fully saturated rings. The molecule has 3 aromatic heterocycles. The van der Waals surface area contributed by atoms with Crippen LogP contribution in [0.25, 0.3) is 5.52 Å². The van der Waals surface area contributed by atoms with E-state index in [2.05, 4.69) is 25.1 Å². The molecule has 0 saturated carbocycles. The van der Waals surface area contributed by atoms with Gasteiger partial charge in [-0.2, -0.15) is 4.39 Å². The fourth-order valence-electron chi connectivity index (χ4n) is 5.20. The Morgan fingerprint density at radius 2 is 2.00 bits per heavy atom. The zero-order valence-electron chi connectivity index (χ0n) is 19.0. The number of aromatic amines is 1. The molecule has 2 saturated heterocycles. The van der Waals surface area contributed by atoms with Gasteiger partial charge in [-0.15, -0.1) is 0 Å². The van der Waals surface area contributed by atoms with E-state index in [1.54, 1.807) is 38.5 Å². The second kappa shape index (κ2) is 8.62. The van der Waals surface area contributed by atoms with Crippen molar-refractivity contribution >= 4 is 17.1 Å². The first-order valence-electron chi connectivity index (χ1n) is 11.5. The fourth-order valence-corrected chi connectivity index (χ4v) is 5.20. The Morgan fingerprint density at radius 1 is 1.21 bits per heavy atom. The number of piperidine rings is 1. The average Bonchev–Trinajstić information content (AvgIpc) is 3.45. The number of anilines is 1. The molecule has 0 spiro atoms. The summed E-state index contributed by atoms with van der Waals surface area (Å²) >= 11 is 0. The standard InChI is InChI=1S/C24H29FN6O2/c1-15-11-21-24(33)28-20(14-31(21)22(15)25)16-5-8-30(13-16)17-6-9-29(10-7-17)18-3-4-19(27-12-18)23(32)26-2/h3-4,11-12,14,16-17H,5-10,13H2,1-2H3,(H,26,32)(H,28,33).